The summed E-state index contributed by atoms with van der Waals surface area (Å²) in [5.74, 6) is -0.575. The Kier molecular flexibility index (Phi) is 6.08. The zero-order valence-corrected chi connectivity index (χ0v) is 12.0. The predicted molar refractivity (Wildman–Crippen MR) is 71.0 cm³/mol. The van der Waals surface area contributed by atoms with Crippen LogP contribution >= 0.6 is 0 Å². The van der Waals surface area contributed by atoms with Gasteiger partial charge in [0.25, 0.3) is 0 Å². The van der Waals surface area contributed by atoms with Crippen LogP contribution in [0.1, 0.15) is 26.7 Å². The smallest absolute Gasteiger partial charge is 0.326 e. The fourth-order valence-corrected chi connectivity index (χ4v) is 2.34. The van der Waals surface area contributed by atoms with Crippen molar-refractivity contribution < 1.29 is 19.4 Å². The molecule has 1 aliphatic heterocycles. The van der Waals surface area contributed by atoms with Crippen LogP contribution in [0, 0.1) is 5.92 Å². The second-order valence-electron chi connectivity index (χ2n) is 5.30. The summed E-state index contributed by atoms with van der Waals surface area (Å²) in [7, 11) is 1.59. The first-order valence-electron chi connectivity index (χ1n) is 6.74. The van der Waals surface area contributed by atoms with E-state index in [0.717, 1.165) is 6.42 Å². The zero-order valence-electron chi connectivity index (χ0n) is 12.0. The van der Waals surface area contributed by atoms with Gasteiger partial charge in [0, 0.05) is 26.7 Å². The Morgan fingerprint density at radius 1 is 1.47 bits per heavy atom. The zero-order chi connectivity index (χ0) is 14.4. The normalized spacial score (nSPS) is 18.9. The molecule has 1 N–H and O–H groups in total. The summed E-state index contributed by atoms with van der Waals surface area (Å²) in [5, 5.41) is 9.14. The fraction of sp³-hybridized carbons (Fsp3) is 0.846. The molecule has 0 aromatic heterocycles. The predicted octanol–water partition coefficient (Wildman–Crippen LogP) is 1.26. The standard InChI is InChI=1S/C13H24N2O4/c1-10(2)9-14(7-8-19-3)13(18)15-6-4-5-11(15)12(16)17/h10-11H,4-9H2,1-3H3,(H,16,17)/t11-/m0/s1. The molecule has 1 saturated heterocycles. The number of methoxy groups -OCH3 is 1. The maximum absolute atomic E-state index is 12.4. The largest absolute Gasteiger partial charge is 0.480 e. The second-order valence-corrected chi connectivity index (χ2v) is 5.30. The number of hydrogen-bond acceptors (Lipinski definition) is 3. The molecule has 0 unspecified atom stereocenters. The Bertz CT molecular complexity index is 320. The molecule has 0 aliphatic carbocycles. The summed E-state index contributed by atoms with van der Waals surface area (Å²) in [6, 6.07) is -0.861. The summed E-state index contributed by atoms with van der Waals surface area (Å²) in [5.41, 5.74) is 0. The van der Waals surface area contributed by atoms with E-state index in [1.165, 1.54) is 4.90 Å². The minimum Gasteiger partial charge on any atom is -0.480 e. The highest BCUT2D eigenvalue weighted by Crippen LogP contribution is 2.19. The van der Waals surface area contributed by atoms with E-state index >= 15 is 0 Å². The Morgan fingerprint density at radius 3 is 2.68 bits per heavy atom. The van der Waals surface area contributed by atoms with Crippen LogP contribution in [-0.4, -0.2) is 66.3 Å². The van der Waals surface area contributed by atoms with Gasteiger partial charge in [0.05, 0.1) is 6.61 Å². The SMILES string of the molecule is COCCN(CC(C)C)C(=O)N1CCC[C@H]1C(=O)O. The summed E-state index contributed by atoms with van der Waals surface area (Å²) in [4.78, 5) is 26.7. The number of amides is 2. The van der Waals surface area contributed by atoms with Gasteiger partial charge in [-0.2, -0.15) is 0 Å². The van der Waals surface area contributed by atoms with Gasteiger partial charge in [-0.1, -0.05) is 13.8 Å². The third-order valence-corrected chi connectivity index (χ3v) is 3.20. The lowest BCUT2D eigenvalue weighted by molar-refractivity contribution is -0.141. The molecule has 0 spiro atoms. The number of nitrogens with zero attached hydrogens (tertiary/aromatic N) is 2. The lowest BCUT2D eigenvalue weighted by atomic mass is 10.2. The van der Waals surface area contributed by atoms with Crippen LogP contribution in [0.2, 0.25) is 0 Å². The van der Waals surface area contributed by atoms with Crippen LogP contribution in [0.15, 0.2) is 0 Å². The highest BCUT2D eigenvalue weighted by Gasteiger charge is 2.36. The molecule has 110 valence electrons. The van der Waals surface area contributed by atoms with Gasteiger partial charge in [-0.15, -0.1) is 0 Å². The number of rotatable bonds is 6. The van der Waals surface area contributed by atoms with Gasteiger partial charge < -0.3 is 19.6 Å². The van der Waals surface area contributed by atoms with Crippen molar-refractivity contribution in [2.45, 2.75) is 32.7 Å². The molecule has 0 bridgehead atoms. The molecule has 0 saturated carbocycles. The average Bonchev–Trinajstić information content (AvgIpc) is 2.82. The number of carboxylic acid groups (broad SMARTS) is 1. The molecule has 2 amide bonds. The van der Waals surface area contributed by atoms with Crippen molar-refractivity contribution in [3.05, 3.63) is 0 Å². The number of carbonyl (C=O) groups excluding carboxylic acids is 1. The molecule has 19 heavy (non-hydrogen) atoms. The van der Waals surface area contributed by atoms with Crippen LogP contribution in [0.5, 0.6) is 0 Å². The average molecular weight is 272 g/mol. The minimum absolute atomic E-state index is 0.185. The number of likely N-dealkylation sites (tertiary alicyclic amines) is 1. The molecule has 6 nitrogen and oxygen atoms in total. The molecular weight excluding hydrogens is 248 g/mol. The highest BCUT2D eigenvalue weighted by molar-refractivity contribution is 5.83. The Hall–Kier alpha value is -1.30. The van der Waals surface area contributed by atoms with E-state index in [1.807, 2.05) is 13.8 Å². The van der Waals surface area contributed by atoms with Gasteiger partial charge in [-0.25, -0.2) is 9.59 Å². The first-order valence-corrected chi connectivity index (χ1v) is 6.74. The number of ether oxygens (including phenoxy) is 1. The topological polar surface area (TPSA) is 70.1 Å². The van der Waals surface area contributed by atoms with Crippen molar-refractivity contribution in [2.24, 2.45) is 5.92 Å². The van der Waals surface area contributed by atoms with Gasteiger partial charge in [0.1, 0.15) is 6.04 Å². The molecular formula is C13H24N2O4. The third kappa shape index (κ3) is 4.38. The highest BCUT2D eigenvalue weighted by atomic mass is 16.5. The molecule has 0 aromatic rings. The van der Waals surface area contributed by atoms with Gasteiger partial charge >= 0.3 is 12.0 Å². The van der Waals surface area contributed by atoms with Crippen molar-refractivity contribution in [1.82, 2.24) is 9.80 Å². The first kappa shape index (κ1) is 15.8. The van der Waals surface area contributed by atoms with E-state index in [1.54, 1.807) is 12.0 Å². The van der Waals surface area contributed by atoms with E-state index < -0.39 is 12.0 Å². The van der Waals surface area contributed by atoms with E-state index in [2.05, 4.69) is 0 Å². The van der Waals surface area contributed by atoms with Crippen molar-refractivity contribution in [1.29, 1.82) is 0 Å². The fourth-order valence-electron chi connectivity index (χ4n) is 2.34. The van der Waals surface area contributed by atoms with E-state index in [0.29, 0.717) is 38.6 Å². The van der Waals surface area contributed by atoms with Crippen molar-refractivity contribution >= 4 is 12.0 Å². The Labute approximate surface area is 114 Å². The third-order valence-electron chi connectivity index (χ3n) is 3.20. The summed E-state index contributed by atoms with van der Waals surface area (Å²) in [6.07, 6.45) is 1.30. The van der Waals surface area contributed by atoms with Crippen LogP contribution in [0.4, 0.5) is 4.79 Å². The van der Waals surface area contributed by atoms with E-state index in [-0.39, 0.29) is 6.03 Å². The molecule has 0 aromatic carbocycles. The summed E-state index contributed by atoms with van der Waals surface area (Å²) in [6.45, 7) is 6.17. The van der Waals surface area contributed by atoms with Crippen molar-refractivity contribution in [2.75, 3.05) is 33.4 Å². The minimum atomic E-state index is -0.915. The van der Waals surface area contributed by atoms with Crippen LogP contribution in [0.25, 0.3) is 0 Å². The second kappa shape index (κ2) is 7.33. The number of hydrogen-bond donors (Lipinski definition) is 1. The molecule has 1 aliphatic rings. The number of aliphatic carboxylic acids is 1. The van der Waals surface area contributed by atoms with Crippen LogP contribution < -0.4 is 0 Å². The monoisotopic (exact) mass is 272 g/mol. The van der Waals surface area contributed by atoms with Crippen LogP contribution in [0.3, 0.4) is 0 Å². The first-order chi connectivity index (χ1) is 8.97. The van der Waals surface area contributed by atoms with Crippen LogP contribution in [-0.2, 0) is 9.53 Å². The molecule has 0 radical (unpaired) electrons. The Morgan fingerprint density at radius 2 is 2.16 bits per heavy atom. The quantitative estimate of drug-likeness (QED) is 0.790. The number of urea groups is 1. The number of carbonyl (C=O) groups is 2. The van der Waals surface area contributed by atoms with E-state index in [9.17, 15) is 9.59 Å². The van der Waals surface area contributed by atoms with Gasteiger partial charge in [-0.05, 0) is 18.8 Å². The lowest BCUT2D eigenvalue weighted by Crippen LogP contribution is -2.49. The van der Waals surface area contributed by atoms with E-state index in [4.69, 9.17) is 9.84 Å². The maximum Gasteiger partial charge on any atom is 0.326 e. The van der Waals surface area contributed by atoms with Gasteiger partial charge in [-0.3, -0.25) is 0 Å². The number of carboxylic acids is 1. The van der Waals surface area contributed by atoms with Crippen molar-refractivity contribution in [3.8, 4) is 0 Å². The molecule has 1 heterocycles. The molecule has 6 heteroatoms. The van der Waals surface area contributed by atoms with Gasteiger partial charge in [0.15, 0.2) is 0 Å². The summed E-state index contributed by atoms with van der Waals surface area (Å²) < 4.78 is 5.01. The molecule has 1 atom stereocenters. The summed E-state index contributed by atoms with van der Waals surface area (Å²) >= 11 is 0. The van der Waals surface area contributed by atoms with Crippen molar-refractivity contribution in [3.63, 3.8) is 0 Å². The molecule has 1 fully saturated rings. The lowest BCUT2D eigenvalue weighted by Gasteiger charge is -2.31. The van der Waals surface area contributed by atoms with Gasteiger partial charge in [0.2, 0.25) is 0 Å². The molecule has 1 rings (SSSR count). The Balaban J connectivity index is 2.71. The maximum atomic E-state index is 12.4.